The van der Waals surface area contributed by atoms with Gasteiger partial charge in [-0.3, -0.25) is 9.36 Å². The van der Waals surface area contributed by atoms with Crippen LogP contribution in [0.3, 0.4) is 0 Å². The number of nitrogens with zero attached hydrogens (tertiary/aromatic N) is 3. The van der Waals surface area contributed by atoms with Gasteiger partial charge in [0.05, 0.1) is 28.5 Å². The lowest BCUT2D eigenvalue weighted by Gasteiger charge is -2.25. The van der Waals surface area contributed by atoms with Crippen LogP contribution in [0.2, 0.25) is 0 Å². The van der Waals surface area contributed by atoms with Gasteiger partial charge in [-0.1, -0.05) is 73.7 Å². The Morgan fingerprint density at radius 2 is 1.92 bits per heavy atom. The molecule has 0 aliphatic carbocycles. The van der Waals surface area contributed by atoms with Gasteiger partial charge in [0.15, 0.2) is 4.80 Å². The maximum atomic E-state index is 14.0. The summed E-state index contributed by atoms with van der Waals surface area (Å²) in [4.78, 5) is 32.4. The fourth-order valence-electron chi connectivity index (χ4n) is 4.99. The summed E-state index contributed by atoms with van der Waals surface area (Å²) in [5.74, 6) is -0.0791. The minimum atomic E-state index is -0.615. The van der Waals surface area contributed by atoms with Gasteiger partial charge in [-0.2, -0.15) is 0 Å². The summed E-state index contributed by atoms with van der Waals surface area (Å²) in [6.07, 6.45) is 5.82. The number of para-hydroxylation sites is 1. The highest BCUT2D eigenvalue weighted by Crippen LogP contribution is 2.31. The van der Waals surface area contributed by atoms with E-state index in [0.717, 1.165) is 22.0 Å². The van der Waals surface area contributed by atoms with Crippen molar-refractivity contribution in [3.63, 3.8) is 0 Å². The van der Waals surface area contributed by atoms with E-state index in [4.69, 9.17) is 9.73 Å². The second-order valence-electron chi connectivity index (χ2n) is 9.67. The van der Waals surface area contributed by atoms with Crippen molar-refractivity contribution in [3.05, 3.63) is 115 Å². The number of ether oxygens (including phenoxy) is 1. The Morgan fingerprint density at radius 3 is 2.61 bits per heavy atom. The van der Waals surface area contributed by atoms with Crippen molar-refractivity contribution in [2.45, 2.75) is 46.2 Å². The summed E-state index contributed by atoms with van der Waals surface area (Å²) >= 11 is 1.34. The number of hydrogen-bond acceptors (Lipinski definition) is 5. The first-order chi connectivity index (χ1) is 18.3. The first kappa shape index (κ1) is 25.7. The Bertz CT molecular complexity index is 1750. The summed E-state index contributed by atoms with van der Waals surface area (Å²) in [6.45, 7) is 12.6. The number of esters is 1. The SMILES string of the molecule is C=CCn1cc(C=c2sc3n(c2=O)C(c2ccc(C(C)C)cc2)C(C(=O)OCC)=C(C)N=3)c2ccccc21. The molecule has 0 saturated heterocycles. The molecule has 38 heavy (non-hydrogen) atoms. The van der Waals surface area contributed by atoms with E-state index < -0.39 is 12.0 Å². The molecule has 2 aromatic heterocycles. The molecule has 0 saturated carbocycles. The average Bonchev–Trinajstić information content (AvgIpc) is 3.40. The van der Waals surface area contributed by atoms with E-state index in [0.29, 0.717) is 33.1 Å². The number of fused-ring (bicyclic) bond motifs is 2. The van der Waals surface area contributed by atoms with Crippen molar-refractivity contribution >= 4 is 34.3 Å². The molecular weight excluding hydrogens is 494 g/mol. The molecule has 5 rings (SSSR count). The zero-order chi connectivity index (χ0) is 27.0. The Hall–Kier alpha value is -3.97. The first-order valence-electron chi connectivity index (χ1n) is 12.8. The summed E-state index contributed by atoms with van der Waals surface area (Å²) in [7, 11) is 0. The Balaban J connectivity index is 1.72. The van der Waals surface area contributed by atoms with Gasteiger partial charge in [0.2, 0.25) is 0 Å². The highest BCUT2D eigenvalue weighted by molar-refractivity contribution is 7.07. The maximum absolute atomic E-state index is 14.0. The van der Waals surface area contributed by atoms with Crippen LogP contribution in [0.1, 0.15) is 56.3 Å². The minimum Gasteiger partial charge on any atom is -0.463 e. The number of benzene rings is 2. The predicted octanol–water partition coefficient (Wildman–Crippen LogP) is 5.06. The van der Waals surface area contributed by atoms with Crippen molar-refractivity contribution in [1.29, 1.82) is 0 Å². The monoisotopic (exact) mass is 525 g/mol. The number of thiazole rings is 1. The molecule has 0 radical (unpaired) electrons. The summed E-state index contributed by atoms with van der Waals surface area (Å²) in [5.41, 5.74) is 4.85. The van der Waals surface area contributed by atoms with E-state index in [-0.39, 0.29) is 12.2 Å². The van der Waals surface area contributed by atoms with Gasteiger partial charge in [0.1, 0.15) is 0 Å². The average molecular weight is 526 g/mol. The standard InChI is InChI=1S/C31H31N3O3S/c1-6-16-33-18-23(24-10-8-9-11-25(24)33)17-26-29(35)34-28(22-14-12-21(13-15-22)19(3)4)27(30(36)37-7-2)20(5)32-31(34)38-26/h6,8-15,17-19,28H,1,7,16H2,2-5H3. The van der Waals surface area contributed by atoms with Crippen molar-refractivity contribution in [1.82, 2.24) is 9.13 Å². The van der Waals surface area contributed by atoms with Gasteiger partial charge >= 0.3 is 5.97 Å². The molecule has 2 aromatic carbocycles. The Labute approximate surface area is 225 Å². The number of allylic oxidation sites excluding steroid dienone is 2. The quantitative estimate of drug-likeness (QED) is 0.250. The highest BCUT2D eigenvalue weighted by atomic mass is 32.1. The predicted molar refractivity (Wildman–Crippen MR) is 153 cm³/mol. The molecular formula is C31H31N3O3S. The molecule has 0 N–H and O–H groups in total. The van der Waals surface area contributed by atoms with Crippen molar-refractivity contribution in [2.24, 2.45) is 4.99 Å². The van der Waals surface area contributed by atoms with Gasteiger partial charge in [0.25, 0.3) is 5.56 Å². The number of rotatable bonds is 7. The van der Waals surface area contributed by atoms with Crippen LogP contribution in [0.25, 0.3) is 17.0 Å². The molecule has 0 amide bonds. The van der Waals surface area contributed by atoms with Gasteiger partial charge < -0.3 is 9.30 Å². The molecule has 4 aromatic rings. The van der Waals surface area contributed by atoms with E-state index in [2.05, 4.69) is 49.3 Å². The van der Waals surface area contributed by atoms with E-state index in [1.54, 1.807) is 11.5 Å². The van der Waals surface area contributed by atoms with Crippen LogP contribution in [0.15, 0.2) is 88.4 Å². The van der Waals surface area contributed by atoms with Crippen molar-refractivity contribution in [2.75, 3.05) is 6.61 Å². The van der Waals surface area contributed by atoms with E-state index in [1.807, 2.05) is 49.5 Å². The van der Waals surface area contributed by atoms with Crippen LogP contribution in [-0.4, -0.2) is 21.7 Å². The molecule has 7 heteroatoms. The van der Waals surface area contributed by atoms with Crippen molar-refractivity contribution < 1.29 is 9.53 Å². The molecule has 1 atom stereocenters. The van der Waals surface area contributed by atoms with Gasteiger partial charge in [-0.25, -0.2) is 9.79 Å². The van der Waals surface area contributed by atoms with Crippen LogP contribution in [0.5, 0.6) is 0 Å². The van der Waals surface area contributed by atoms with Gasteiger partial charge in [-0.15, -0.1) is 6.58 Å². The lowest BCUT2D eigenvalue weighted by atomic mass is 9.93. The minimum absolute atomic E-state index is 0.179. The number of carbonyl (C=O) groups is 1. The highest BCUT2D eigenvalue weighted by Gasteiger charge is 2.33. The second kappa shape index (κ2) is 10.4. The molecule has 0 spiro atoms. The van der Waals surface area contributed by atoms with E-state index in [1.165, 1.54) is 16.9 Å². The zero-order valence-electron chi connectivity index (χ0n) is 22.1. The largest absolute Gasteiger partial charge is 0.463 e. The molecule has 3 heterocycles. The first-order valence-corrected chi connectivity index (χ1v) is 13.6. The molecule has 0 bridgehead atoms. The lowest BCUT2D eigenvalue weighted by molar-refractivity contribution is -0.139. The molecule has 1 aliphatic rings. The molecule has 194 valence electrons. The van der Waals surface area contributed by atoms with Crippen LogP contribution in [0.4, 0.5) is 0 Å². The number of hydrogen-bond donors (Lipinski definition) is 0. The molecule has 1 unspecified atom stereocenters. The smallest absolute Gasteiger partial charge is 0.338 e. The number of carbonyl (C=O) groups excluding carboxylic acids is 1. The maximum Gasteiger partial charge on any atom is 0.338 e. The fraction of sp³-hybridized carbons (Fsp3) is 0.258. The van der Waals surface area contributed by atoms with Gasteiger partial charge in [0, 0.05) is 29.2 Å². The van der Waals surface area contributed by atoms with Crippen molar-refractivity contribution in [3.8, 4) is 0 Å². The molecule has 1 aliphatic heterocycles. The van der Waals surface area contributed by atoms with Gasteiger partial charge in [-0.05, 0) is 43.0 Å². The summed E-state index contributed by atoms with van der Waals surface area (Å²) < 4.78 is 9.73. The molecule has 6 nitrogen and oxygen atoms in total. The third-order valence-electron chi connectivity index (χ3n) is 6.87. The lowest BCUT2D eigenvalue weighted by Crippen LogP contribution is -2.39. The third kappa shape index (κ3) is 4.47. The Morgan fingerprint density at radius 1 is 1.18 bits per heavy atom. The topological polar surface area (TPSA) is 65.6 Å². The Kier molecular flexibility index (Phi) is 7.04. The van der Waals surface area contributed by atoms with Crippen LogP contribution in [-0.2, 0) is 16.1 Å². The van der Waals surface area contributed by atoms with Crippen LogP contribution < -0.4 is 14.9 Å². The molecule has 0 fully saturated rings. The zero-order valence-corrected chi connectivity index (χ0v) is 22.9. The fourth-order valence-corrected chi connectivity index (χ4v) is 6.03. The second-order valence-corrected chi connectivity index (χ2v) is 10.7. The normalized spacial score (nSPS) is 15.6. The summed E-state index contributed by atoms with van der Waals surface area (Å²) in [5, 5.41) is 1.06. The van der Waals surface area contributed by atoms with E-state index >= 15 is 0 Å². The van der Waals surface area contributed by atoms with Crippen LogP contribution in [0, 0.1) is 0 Å². The van der Waals surface area contributed by atoms with E-state index in [9.17, 15) is 9.59 Å². The third-order valence-corrected chi connectivity index (χ3v) is 7.85. The number of aromatic nitrogens is 2. The van der Waals surface area contributed by atoms with Crippen LogP contribution >= 0.6 is 11.3 Å². The summed E-state index contributed by atoms with van der Waals surface area (Å²) in [6, 6.07) is 15.6.